The summed E-state index contributed by atoms with van der Waals surface area (Å²) < 4.78 is 0. The van der Waals surface area contributed by atoms with Gasteiger partial charge in [-0.25, -0.2) is 5.01 Å². The molecule has 0 radical (unpaired) electrons. The average Bonchev–Trinajstić information content (AvgIpc) is 2.51. The van der Waals surface area contributed by atoms with Crippen molar-refractivity contribution in [3.8, 4) is 0 Å². The third kappa shape index (κ3) is 4.27. The van der Waals surface area contributed by atoms with Gasteiger partial charge in [0.05, 0.1) is 0 Å². The molecule has 3 heteroatoms. The summed E-state index contributed by atoms with van der Waals surface area (Å²) in [6.07, 6.45) is 7.14. The fourth-order valence-electron chi connectivity index (χ4n) is 1.60. The van der Waals surface area contributed by atoms with Crippen molar-refractivity contribution in [2.24, 2.45) is 0 Å². The standard InChI is InChI=1S/C10H20N2O/c1-2-3-4-5-6-8-12-9-7-10(13)11-12/h2-9H2,1H3,(H,11,13). The maximum absolute atomic E-state index is 10.8. The van der Waals surface area contributed by atoms with E-state index in [1.165, 1.54) is 32.1 Å². The Bertz CT molecular complexity index is 159. The van der Waals surface area contributed by atoms with Crippen LogP contribution in [-0.2, 0) is 4.79 Å². The minimum Gasteiger partial charge on any atom is -0.289 e. The van der Waals surface area contributed by atoms with Crippen LogP contribution in [0.15, 0.2) is 0 Å². The van der Waals surface area contributed by atoms with Gasteiger partial charge in [0.2, 0.25) is 5.91 Å². The summed E-state index contributed by atoms with van der Waals surface area (Å²) in [5.41, 5.74) is 2.84. The monoisotopic (exact) mass is 184 g/mol. The summed E-state index contributed by atoms with van der Waals surface area (Å²) in [6, 6.07) is 0. The number of hydrogen-bond acceptors (Lipinski definition) is 2. The molecule has 1 amide bonds. The summed E-state index contributed by atoms with van der Waals surface area (Å²) in [5.74, 6) is 0.175. The van der Waals surface area contributed by atoms with Gasteiger partial charge in [-0.15, -0.1) is 0 Å². The predicted octanol–water partition coefficient (Wildman–Crippen LogP) is 1.69. The van der Waals surface area contributed by atoms with Gasteiger partial charge in [-0.1, -0.05) is 32.6 Å². The van der Waals surface area contributed by atoms with E-state index < -0.39 is 0 Å². The second-order valence-electron chi connectivity index (χ2n) is 3.69. The Hall–Kier alpha value is -0.570. The number of unbranched alkanes of at least 4 members (excludes halogenated alkanes) is 4. The van der Waals surface area contributed by atoms with Crippen LogP contribution in [-0.4, -0.2) is 24.0 Å². The van der Waals surface area contributed by atoms with E-state index in [9.17, 15) is 4.79 Å². The van der Waals surface area contributed by atoms with Crippen molar-refractivity contribution in [3.63, 3.8) is 0 Å². The highest BCUT2D eigenvalue weighted by molar-refractivity contribution is 5.77. The molecule has 1 saturated heterocycles. The average molecular weight is 184 g/mol. The van der Waals surface area contributed by atoms with Crippen molar-refractivity contribution in [2.45, 2.75) is 45.4 Å². The molecule has 1 aliphatic heterocycles. The molecule has 1 fully saturated rings. The SMILES string of the molecule is CCCCCCCN1CCC(=O)N1. The molecule has 0 aromatic carbocycles. The molecule has 1 heterocycles. The van der Waals surface area contributed by atoms with E-state index in [1.54, 1.807) is 0 Å². The van der Waals surface area contributed by atoms with Gasteiger partial charge in [0.1, 0.15) is 0 Å². The van der Waals surface area contributed by atoms with E-state index in [0.717, 1.165) is 13.1 Å². The molecule has 0 bridgehead atoms. The van der Waals surface area contributed by atoms with E-state index in [2.05, 4.69) is 12.3 Å². The first-order chi connectivity index (χ1) is 6.33. The lowest BCUT2D eigenvalue weighted by molar-refractivity contribution is -0.121. The summed E-state index contributed by atoms with van der Waals surface area (Å²) in [5, 5.41) is 2.04. The highest BCUT2D eigenvalue weighted by atomic mass is 16.2. The van der Waals surface area contributed by atoms with Gasteiger partial charge in [-0.05, 0) is 6.42 Å². The summed E-state index contributed by atoms with van der Waals surface area (Å²) in [6.45, 7) is 4.14. The van der Waals surface area contributed by atoms with E-state index in [4.69, 9.17) is 0 Å². The van der Waals surface area contributed by atoms with Crippen molar-refractivity contribution >= 4 is 5.91 Å². The number of carbonyl (C=O) groups excluding carboxylic acids is 1. The van der Waals surface area contributed by atoms with E-state index >= 15 is 0 Å². The molecule has 76 valence electrons. The molecular weight excluding hydrogens is 164 g/mol. The van der Waals surface area contributed by atoms with Crippen LogP contribution in [0.4, 0.5) is 0 Å². The zero-order valence-corrected chi connectivity index (χ0v) is 8.51. The van der Waals surface area contributed by atoms with Gasteiger partial charge in [-0.2, -0.15) is 0 Å². The normalized spacial score (nSPS) is 17.8. The smallest absolute Gasteiger partial charge is 0.235 e. The van der Waals surface area contributed by atoms with Gasteiger partial charge in [-0.3, -0.25) is 10.2 Å². The highest BCUT2D eigenvalue weighted by Crippen LogP contribution is 2.05. The molecule has 1 N–H and O–H groups in total. The lowest BCUT2D eigenvalue weighted by Gasteiger charge is -2.13. The number of amides is 1. The second-order valence-corrected chi connectivity index (χ2v) is 3.69. The summed E-state index contributed by atoms with van der Waals surface area (Å²) in [7, 11) is 0. The number of hydrogen-bond donors (Lipinski definition) is 1. The molecule has 0 aliphatic carbocycles. The molecule has 0 aromatic heterocycles. The molecule has 0 aromatic rings. The highest BCUT2D eigenvalue weighted by Gasteiger charge is 2.16. The van der Waals surface area contributed by atoms with Crippen LogP contribution in [0, 0.1) is 0 Å². The second kappa shape index (κ2) is 5.97. The molecule has 3 nitrogen and oxygen atoms in total. The Balaban J connectivity index is 1.91. The largest absolute Gasteiger partial charge is 0.289 e. The Morgan fingerprint density at radius 2 is 2.08 bits per heavy atom. The predicted molar refractivity (Wildman–Crippen MR) is 53.1 cm³/mol. The Kier molecular flexibility index (Phi) is 4.83. The minimum atomic E-state index is 0.175. The van der Waals surface area contributed by atoms with Crippen LogP contribution in [0.1, 0.15) is 45.4 Å². The zero-order valence-electron chi connectivity index (χ0n) is 8.51. The number of hydrazine groups is 1. The first-order valence-corrected chi connectivity index (χ1v) is 5.37. The molecule has 1 rings (SSSR count). The van der Waals surface area contributed by atoms with E-state index in [0.29, 0.717) is 6.42 Å². The van der Waals surface area contributed by atoms with E-state index in [1.807, 2.05) is 5.01 Å². The van der Waals surface area contributed by atoms with Gasteiger partial charge < -0.3 is 0 Å². The van der Waals surface area contributed by atoms with Gasteiger partial charge in [0.25, 0.3) is 0 Å². The van der Waals surface area contributed by atoms with E-state index in [-0.39, 0.29) is 5.91 Å². The molecule has 0 spiro atoms. The number of carbonyl (C=O) groups is 1. The minimum absolute atomic E-state index is 0.175. The maximum atomic E-state index is 10.8. The van der Waals surface area contributed by atoms with Crippen LogP contribution >= 0.6 is 0 Å². The Labute approximate surface area is 80.5 Å². The van der Waals surface area contributed by atoms with Crippen LogP contribution in [0.2, 0.25) is 0 Å². The molecule has 0 saturated carbocycles. The van der Waals surface area contributed by atoms with Crippen LogP contribution in [0.25, 0.3) is 0 Å². The third-order valence-electron chi connectivity index (χ3n) is 2.42. The quantitative estimate of drug-likeness (QED) is 0.637. The molecule has 1 aliphatic rings. The van der Waals surface area contributed by atoms with Gasteiger partial charge >= 0.3 is 0 Å². The Morgan fingerprint density at radius 1 is 1.31 bits per heavy atom. The van der Waals surface area contributed by atoms with Crippen molar-refractivity contribution < 1.29 is 4.79 Å². The number of rotatable bonds is 6. The van der Waals surface area contributed by atoms with Crippen molar-refractivity contribution in [2.75, 3.05) is 13.1 Å². The van der Waals surface area contributed by atoms with Crippen LogP contribution < -0.4 is 5.43 Å². The lowest BCUT2D eigenvalue weighted by Crippen LogP contribution is -2.33. The molecule has 0 unspecified atom stereocenters. The fourth-order valence-corrected chi connectivity index (χ4v) is 1.60. The first-order valence-electron chi connectivity index (χ1n) is 5.37. The molecule has 0 atom stereocenters. The maximum Gasteiger partial charge on any atom is 0.235 e. The topological polar surface area (TPSA) is 32.3 Å². The fraction of sp³-hybridized carbons (Fsp3) is 0.900. The number of nitrogens with zero attached hydrogens (tertiary/aromatic N) is 1. The van der Waals surface area contributed by atoms with Crippen molar-refractivity contribution in [1.82, 2.24) is 10.4 Å². The third-order valence-corrected chi connectivity index (χ3v) is 2.42. The molecular formula is C10H20N2O. The van der Waals surface area contributed by atoms with Gasteiger partial charge in [0.15, 0.2) is 0 Å². The zero-order chi connectivity index (χ0) is 9.52. The van der Waals surface area contributed by atoms with Gasteiger partial charge in [0, 0.05) is 19.5 Å². The number of nitrogens with one attached hydrogen (secondary N) is 1. The first kappa shape index (κ1) is 10.5. The molecule has 13 heavy (non-hydrogen) atoms. The Morgan fingerprint density at radius 3 is 2.69 bits per heavy atom. The van der Waals surface area contributed by atoms with Crippen LogP contribution in [0.3, 0.4) is 0 Å². The van der Waals surface area contributed by atoms with Crippen molar-refractivity contribution in [1.29, 1.82) is 0 Å². The summed E-state index contributed by atoms with van der Waals surface area (Å²) in [4.78, 5) is 10.8. The lowest BCUT2D eigenvalue weighted by atomic mass is 10.1. The van der Waals surface area contributed by atoms with Crippen LogP contribution in [0.5, 0.6) is 0 Å². The summed E-state index contributed by atoms with van der Waals surface area (Å²) >= 11 is 0. The van der Waals surface area contributed by atoms with Crippen molar-refractivity contribution in [3.05, 3.63) is 0 Å².